The van der Waals surface area contributed by atoms with Crippen molar-refractivity contribution in [3.63, 3.8) is 0 Å². The minimum Gasteiger partial charge on any atom is -0.317 e. The van der Waals surface area contributed by atoms with E-state index >= 15 is 0 Å². The van der Waals surface area contributed by atoms with Crippen LogP contribution in [0.15, 0.2) is 12.3 Å². The molecule has 96 valence electrons. The van der Waals surface area contributed by atoms with Crippen LogP contribution < -0.4 is 5.32 Å². The van der Waals surface area contributed by atoms with Gasteiger partial charge in [-0.25, -0.2) is 0 Å². The molecule has 1 aliphatic carbocycles. The lowest BCUT2D eigenvalue weighted by molar-refractivity contribution is 0.454. The molecule has 17 heavy (non-hydrogen) atoms. The number of rotatable bonds is 6. The van der Waals surface area contributed by atoms with E-state index in [1.807, 2.05) is 0 Å². The van der Waals surface area contributed by atoms with E-state index in [-0.39, 0.29) is 0 Å². The molecule has 1 unspecified atom stereocenters. The summed E-state index contributed by atoms with van der Waals surface area (Å²) in [6.07, 6.45) is 8.63. The van der Waals surface area contributed by atoms with E-state index in [0.717, 1.165) is 19.5 Å². The molecule has 0 spiro atoms. The normalized spacial score (nSPS) is 18.7. The molecule has 0 aromatic carbocycles. The van der Waals surface area contributed by atoms with Crippen LogP contribution >= 0.6 is 0 Å². The summed E-state index contributed by atoms with van der Waals surface area (Å²) < 4.78 is 2.20. The minimum atomic E-state index is 0.668. The standard InChI is InChI=1S/C14H25N3/c1-3-15-11-12(2)10-13-8-9-17(16-13)14-6-4-5-7-14/h8-9,12,14-15H,3-7,10-11H2,1-2H3. The van der Waals surface area contributed by atoms with Crippen molar-refractivity contribution in [2.75, 3.05) is 13.1 Å². The Hall–Kier alpha value is -0.830. The average Bonchev–Trinajstić information content (AvgIpc) is 2.95. The van der Waals surface area contributed by atoms with Crippen molar-refractivity contribution < 1.29 is 0 Å². The molecule has 1 fully saturated rings. The molecule has 0 bridgehead atoms. The average molecular weight is 235 g/mol. The topological polar surface area (TPSA) is 29.9 Å². The zero-order valence-corrected chi connectivity index (χ0v) is 11.2. The van der Waals surface area contributed by atoms with Gasteiger partial charge >= 0.3 is 0 Å². The highest BCUT2D eigenvalue weighted by Gasteiger charge is 2.17. The molecule has 1 aromatic rings. The second-order valence-electron chi connectivity index (χ2n) is 5.34. The monoisotopic (exact) mass is 235 g/mol. The highest BCUT2D eigenvalue weighted by molar-refractivity contribution is 5.01. The summed E-state index contributed by atoms with van der Waals surface area (Å²) >= 11 is 0. The second kappa shape index (κ2) is 6.20. The predicted octanol–water partition coefficient (Wildman–Crippen LogP) is 2.79. The molecule has 3 heteroatoms. The first-order valence-electron chi connectivity index (χ1n) is 7.04. The first kappa shape index (κ1) is 12.6. The summed E-state index contributed by atoms with van der Waals surface area (Å²) in [6, 6.07) is 2.87. The van der Waals surface area contributed by atoms with Gasteiger partial charge in [0.05, 0.1) is 11.7 Å². The molecule has 0 amide bonds. The zero-order chi connectivity index (χ0) is 12.1. The van der Waals surface area contributed by atoms with Gasteiger partial charge in [-0.15, -0.1) is 0 Å². The Balaban J connectivity index is 1.84. The third-order valence-corrected chi connectivity index (χ3v) is 3.66. The van der Waals surface area contributed by atoms with E-state index in [9.17, 15) is 0 Å². The SMILES string of the molecule is CCNCC(C)Cc1ccn(C2CCCC2)n1. The number of aromatic nitrogens is 2. The maximum Gasteiger partial charge on any atom is 0.0627 e. The quantitative estimate of drug-likeness (QED) is 0.821. The van der Waals surface area contributed by atoms with Gasteiger partial charge in [0.1, 0.15) is 0 Å². The largest absolute Gasteiger partial charge is 0.317 e. The highest BCUT2D eigenvalue weighted by atomic mass is 15.3. The Labute approximate surface area is 105 Å². The number of hydrogen-bond donors (Lipinski definition) is 1. The van der Waals surface area contributed by atoms with Crippen molar-refractivity contribution in [2.24, 2.45) is 5.92 Å². The van der Waals surface area contributed by atoms with Crippen molar-refractivity contribution in [1.29, 1.82) is 0 Å². The molecular weight excluding hydrogens is 210 g/mol. The predicted molar refractivity (Wildman–Crippen MR) is 71.1 cm³/mol. The van der Waals surface area contributed by atoms with Gasteiger partial charge < -0.3 is 5.32 Å². The van der Waals surface area contributed by atoms with Crippen LogP contribution in [0.2, 0.25) is 0 Å². The third kappa shape index (κ3) is 3.56. The van der Waals surface area contributed by atoms with E-state index in [4.69, 9.17) is 5.10 Å². The molecular formula is C14H25N3. The molecule has 0 saturated heterocycles. The highest BCUT2D eigenvalue weighted by Crippen LogP contribution is 2.28. The van der Waals surface area contributed by atoms with Crippen molar-refractivity contribution in [2.45, 2.75) is 52.0 Å². The summed E-state index contributed by atoms with van der Waals surface area (Å²) in [4.78, 5) is 0. The van der Waals surface area contributed by atoms with Crippen molar-refractivity contribution in [1.82, 2.24) is 15.1 Å². The van der Waals surface area contributed by atoms with Crippen LogP contribution in [0.25, 0.3) is 0 Å². The van der Waals surface area contributed by atoms with E-state index < -0.39 is 0 Å². The maximum absolute atomic E-state index is 4.73. The van der Waals surface area contributed by atoms with E-state index in [1.54, 1.807) is 0 Å². The van der Waals surface area contributed by atoms with Gasteiger partial charge in [0.15, 0.2) is 0 Å². The van der Waals surface area contributed by atoms with Gasteiger partial charge in [0.25, 0.3) is 0 Å². The molecule has 0 radical (unpaired) electrons. The lowest BCUT2D eigenvalue weighted by Gasteiger charge is -2.11. The Morgan fingerprint density at radius 2 is 2.24 bits per heavy atom. The minimum absolute atomic E-state index is 0.668. The van der Waals surface area contributed by atoms with Gasteiger partial charge in [0.2, 0.25) is 0 Å². The van der Waals surface area contributed by atoms with Crippen molar-refractivity contribution in [3.8, 4) is 0 Å². The Bertz CT molecular complexity index is 326. The van der Waals surface area contributed by atoms with E-state index in [2.05, 4.69) is 36.1 Å². The van der Waals surface area contributed by atoms with Crippen LogP contribution in [0.5, 0.6) is 0 Å². The van der Waals surface area contributed by atoms with Gasteiger partial charge in [-0.3, -0.25) is 4.68 Å². The van der Waals surface area contributed by atoms with E-state index in [0.29, 0.717) is 12.0 Å². The van der Waals surface area contributed by atoms with Crippen LogP contribution in [-0.2, 0) is 6.42 Å². The summed E-state index contributed by atoms with van der Waals surface area (Å²) in [5, 5.41) is 8.12. The maximum atomic E-state index is 4.73. The second-order valence-corrected chi connectivity index (χ2v) is 5.34. The fourth-order valence-corrected chi connectivity index (χ4v) is 2.68. The number of hydrogen-bond acceptors (Lipinski definition) is 2. The first-order chi connectivity index (χ1) is 8.29. The van der Waals surface area contributed by atoms with Crippen LogP contribution in [0.4, 0.5) is 0 Å². The molecule has 1 N–H and O–H groups in total. The lowest BCUT2D eigenvalue weighted by Crippen LogP contribution is -2.22. The van der Waals surface area contributed by atoms with Crippen molar-refractivity contribution in [3.05, 3.63) is 18.0 Å². The number of nitrogens with one attached hydrogen (secondary N) is 1. The van der Waals surface area contributed by atoms with Gasteiger partial charge in [0, 0.05) is 6.20 Å². The lowest BCUT2D eigenvalue weighted by atomic mass is 10.1. The summed E-state index contributed by atoms with van der Waals surface area (Å²) in [6.45, 7) is 6.59. The number of nitrogens with zero attached hydrogens (tertiary/aromatic N) is 2. The van der Waals surface area contributed by atoms with Crippen LogP contribution in [0.3, 0.4) is 0 Å². The fraction of sp³-hybridized carbons (Fsp3) is 0.786. The molecule has 1 saturated carbocycles. The molecule has 0 aliphatic heterocycles. The summed E-state index contributed by atoms with van der Waals surface area (Å²) in [5.41, 5.74) is 1.25. The van der Waals surface area contributed by atoms with Gasteiger partial charge in [-0.2, -0.15) is 5.10 Å². The van der Waals surface area contributed by atoms with Gasteiger partial charge in [-0.05, 0) is 44.3 Å². The Kier molecular flexibility index (Phi) is 4.60. The molecule has 3 nitrogen and oxygen atoms in total. The summed E-state index contributed by atoms with van der Waals surface area (Å²) in [5.74, 6) is 0.668. The molecule has 1 heterocycles. The Morgan fingerprint density at radius 1 is 1.47 bits per heavy atom. The van der Waals surface area contributed by atoms with Crippen LogP contribution in [0, 0.1) is 5.92 Å². The van der Waals surface area contributed by atoms with Crippen molar-refractivity contribution >= 4 is 0 Å². The molecule has 1 atom stereocenters. The zero-order valence-electron chi connectivity index (χ0n) is 11.2. The first-order valence-corrected chi connectivity index (χ1v) is 7.04. The van der Waals surface area contributed by atoms with Gasteiger partial charge in [-0.1, -0.05) is 26.7 Å². The molecule has 1 aliphatic rings. The molecule has 2 rings (SSSR count). The Morgan fingerprint density at radius 3 is 2.94 bits per heavy atom. The third-order valence-electron chi connectivity index (χ3n) is 3.66. The van der Waals surface area contributed by atoms with Crippen LogP contribution in [0.1, 0.15) is 51.3 Å². The summed E-state index contributed by atoms with van der Waals surface area (Å²) in [7, 11) is 0. The molecule has 1 aromatic heterocycles. The van der Waals surface area contributed by atoms with Crippen LogP contribution in [-0.4, -0.2) is 22.9 Å². The fourth-order valence-electron chi connectivity index (χ4n) is 2.68. The smallest absolute Gasteiger partial charge is 0.0627 e. The van der Waals surface area contributed by atoms with E-state index in [1.165, 1.54) is 31.4 Å².